The molecular weight excluding hydrogens is 356 g/mol. The van der Waals surface area contributed by atoms with Crippen molar-refractivity contribution in [2.75, 3.05) is 39.3 Å². The molecule has 1 saturated heterocycles. The van der Waals surface area contributed by atoms with Crippen LogP contribution in [-0.2, 0) is 6.54 Å². The van der Waals surface area contributed by atoms with Gasteiger partial charge in [-0.25, -0.2) is 0 Å². The smallest absolute Gasteiger partial charge is 0.0515 e. The van der Waals surface area contributed by atoms with Gasteiger partial charge in [0.05, 0.1) is 5.52 Å². The summed E-state index contributed by atoms with van der Waals surface area (Å²) in [6.45, 7) is 16.6. The SMILES string of the molecule is C=C(c1cc(C)c2c(c1)cc(C1=CCCNC1)n2CC)N1CCN(C2CC2)CC1. The maximum Gasteiger partial charge on any atom is 0.0515 e. The van der Waals surface area contributed by atoms with Crippen LogP contribution in [0.5, 0.6) is 0 Å². The Morgan fingerprint density at radius 3 is 2.59 bits per heavy atom. The largest absolute Gasteiger partial charge is 0.369 e. The molecule has 3 aliphatic rings. The van der Waals surface area contributed by atoms with Gasteiger partial charge >= 0.3 is 0 Å². The second kappa shape index (κ2) is 7.66. The summed E-state index contributed by atoms with van der Waals surface area (Å²) in [6.07, 6.45) is 6.33. The molecule has 2 aromatic rings. The van der Waals surface area contributed by atoms with E-state index in [0.29, 0.717) is 0 Å². The van der Waals surface area contributed by atoms with Gasteiger partial charge in [-0.2, -0.15) is 0 Å². The summed E-state index contributed by atoms with van der Waals surface area (Å²) in [5, 5.41) is 4.87. The Labute approximate surface area is 174 Å². The third-order valence-corrected chi connectivity index (χ3v) is 6.95. The molecule has 1 aliphatic carbocycles. The van der Waals surface area contributed by atoms with Gasteiger partial charge in [-0.05, 0) is 74.6 Å². The number of fused-ring (bicyclic) bond motifs is 1. The number of aromatic nitrogens is 1. The highest BCUT2D eigenvalue weighted by molar-refractivity contribution is 5.91. The monoisotopic (exact) mass is 390 g/mol. The van der Waals surface area contributed by atoms with Gasteiger partial charge in [0.1, 0.15) is 0 Å². The first-order valence-electron chi connectivity index (χ1n) is 11.4. The number of benzene rings is 1. The summed E-state index contributed by atoms with van der Waals surface area (Å²) >= 11 is 0. The molecular formula is C25H34N4. The van der Waals surface area contributed by atoms with Crippen molar-refractivity contribution in [1.82, 2.24) is 19.7 Å². The summed E-state index contributed by atoms with van der Waals surface area (Å²) in [5.74, 6) is 0. The number of piperazine rings is 1. The summed E-state index contributed by atoms with van der Waals surface area (Å²) < 4.78 is 2.49. The zero-order valence-corrected chi connectivity index (χ0v) is 18.0. The van der Waals surface area contributed by atoms with Crippen molar-refractivity contribution in [2.24, 2.45) is 0 Å². The van der Waals surface area contributed by atoms with Crippen LogP contribution in [0.25, 0.3) is 22.2 Å². The maximum atomic E-state index is 4.50. The van der Waals surface area contributed by atoms with Crippen molar-refractivity contribution in [1.29, 1.82) is 0 Å². The van der Waals surface area contributed by atoms with E-state index in [4.69, 9.17) is 0 Å². The van der Waals surface area contributed by atoms with E-state index in [1.54, 1.807) is 0 Å². The molecule has 154 valence electrons. The maximum absolute atomic E-state index is 4.50. The van der Waals surface area contributed by atoms with Crippen molar-refractivity contribution in [3.8, 4) is 0 Å². The highest BCUT2D eigenvalue weighted by Gasteiger charge is 2.31. The normalized spacial score (nSPS) is 20.9. The molecule has 0 spiro atoms. The average Bonchev–Trinajstić information content (AvgIpc) is 3.54. The Morgan fingerprint density at radius 1 is 1.14 bits per heavy atom. The lowest BCUT2D eigenvalue weighted by Gasteiger charge is -2.37. The molecule has 4 nitrogen and oxygen atoms in total. The van der Waals surface area contributed by atoms with E-state index in [0.717, 1.165) is 45.2 Å². The first-order chi connectivity index (χ1) is 14.2. The molecule has 5 rings (SSSR count). The molecule has 4 heteroatoms. The molecule has 29 heavy (non-hydrogen) atoms. The fraction of sp³-hybridized carbons (Fsp3) is 0.520. The average molecular weight is 391 g/mol. The molecule has 2 fully saturated rings. The van der Waals surface area contributed by atoms with E-state index in [9.17, 15) is 0 Å². The van der Waals surface area contributed by atoms with Crippen molar-refractivity contribution in [3.63, 3.8) is 0 Å². The number of hydrogen-bond donors (Lipinski definition) is 1. The van der Waals surface area contributed by atoms with Crippen LogP contribution in [0.3, 0.4) is 0 Å². The predicted octanol–water partition coefficient (Wildman–Crippen LogP) is 4.10. The number of nitrogens with one attached hydrogen (secondary N) is 1. The summed E-state index contributed by atoms with van der Waals surface area (Å²) in [6, 6.07) is 7.98. The van der Waals surface area contributed by atoms with Crippen molar-refractivity contribution < 1.29 is 0 Å². The first kappa shape index (κ1) is 19.0. The van der Waals surface area contributed by atoms with Gasteiger partial charge in [-0.1, -0.05) is 12.7 Å². The highest BCUT2D eigenvalue weighted by Crippen LogP contribution is 2.33. The minimum absolute atomic E-state index is 0.875. The Kier molecular flexibility index (Phi) is 5.00. The van der Waals surface area contributed by atoms with E-state index >= 15 is 0 Å². The molecule has 0 atom stereocenters. The van der Waals surface area contributed by atoms with E-state index in [1.807, 2.05) is 0 Å². The Hall–Kier alpha value is -2.04. The zero-order chi connectivity index (χ0) is 20.0. The minimum Gasteiger partial charge on any atom is -0.369 e. The van der Waals surface area contributed by atoms with Crippen molar-refractivity contribution in [2.45, 2.75) is 45.7 Å². The van der Waals surface area contributed by atoms with Crippen LogP contribution < -0.4 is 5.32 Å². The lowest BCUT2D eigenvalue weighted by atomic mass is 10.0. The van der Waals surface area contributed by atoms with Crippen LogP contribution in [0.2, 0.25) is 0 Å². The molecule has 1 saturated carbocycles. The number of rotatable bonds is 5. The second-order valence-electron chi connectivity index (χ2n) is 8.90. The molecule has 0 radical (unpaired) electrons. The molecule has 1 aromatic carbocycles. The van der Waals surface area contributed by atoms with E-state index < -0.39 is 0 Å². The summed E-state index contributed by atoms with van der Waals surface area (Å²) in [4.78, 5) is 5.16. The molecule has 2 aliphatic heterocycles. The molecule has 1 N–H and O–H groups in total. The summed E-state index contributed by atoms with van der Waals surface area (Å²) in [7, 11) is 0. The number of nitrogens with zero attached hydrogens (tertiary/aromatic N) is 3. The van der Waals surface area contributed by atoms with Gasteiger partial charge in [0.25, 0.3) is 0 Å². The zero-order valence-electron chi connectivity index (χ0n) is 18.0. The van der Waals surface area contributed by atoms with Gasteiger partial charge in [-0.15, -0.1) is 0 Å². The van der Waals surface area contributed by atoms with E-state index in [1.165, 1.54) is 64.9 Å². The number of hydrogen-bond acceptors (Lipinski definition) is 3. The quantitative estimate of drug-likeness (QED) is 0.832. The highest BCUT2D eigenvalue weighted by atomic mass is 15.3. The fourth-order valence-electron chi connectivity index (χ4n) is 5.21. The topological polar surface area (TPSA) is 23.4 Å². The van der Waals surface area contributed by atoms with Gasteiger partial charge in [-0.3, -0.25) is 4.90 Å². The lowest BCUT2D eigenvalue weighted by Crippen LogP contribution is -2.46. The predicted molar refractivity (Wildman–Crippen MR) is 123 cm³/mol. The fourth-order valence-corrected chi connectivity index (χ4v) is 5.21. The van der Waals surface area contributed by atoms with E-state index in [2.05, 4.69) is 64.4 Å². The van der Waals surface area contributed by atoms with Crippen LogP contribution in [0.4, 0.5) is 0 Å². The Morgan fingerprint density at radius 2 is 1.93 bits per heavy atom. The minimum atomic E-state index is 0.875. The molecule has 0 amide bonds. The Balaban J connectivity index is 1.44. The van der Waals surface area contributed by atoms with Gasteiger partial charge < -0.3 is 14.8 Å². The van der Waals surface area contributed by atoms with Crippen LogP contribution in [0, 0.1) is 6.92 Å². The molecule has 1 aromatic heterocycles. The van der Waals surface area contributed by atoms with Crippen LogP contribution in [0.1, 0.15) is 43.0 Å². The molecule has 3 heterocycles. The van der Waals surface area contributed by atoms with Crippen LogP contribution >= 0.6 is 0 Å². The van der Waals surface area contributed by atoms with Crippen LogP contribution in [0.15, 0.2) is 30.9 Å². The van der Waals surface area contributed by atoms with Gasteiger partial charge in [0.15, 0.2) is 0 Å². The lowest BCUT2D eigenvalue weighted by molar-refractivity contribution is 0.168. The standard InChI is InChI=1S/C25H34N4/c1-4-29-24(20-6-5-9-26-17-20)16-22-15-21(14-18(2)25(22)29)19(3)27-10-12-28(13-11-27)23-7-8-23/h6,14-16,23,26H,3-5,7-13,17H2,1-2H3. The Bertz CT molecular complexity index is 955. The summed E-state index contributed by atoms with van der Waals surface area (Å²) in [5.41, 5.74) is 8.01. The van der Waals surface area contributed by atoms with Gasteiger partial charge in [0, 0.05) is 62.1 Å². The molecule has 0 bridgehead atoms. The van der Waals surface area contributed by atoms with Crippen molar-refractivity contribution in [3.05, 3.63) is 47.7 Å². The van der Waals surface area contributed by atoms with Gasteiger partial charge in [0.2, 0.25) is 0 Å². The molecule has 0 unspecified atom stereocenters. The second-order valence-corrected chi connectivity index (χ2v) is 8.90. The van der Waals surface area contributed by atoms with Crippen LogP contribution in [-0.4, -0.2) is 59.7 Å². The van der Waals surface area contributed by atoms with E-state index in [-0.39, 0.29) is 0 Å². The number of aryl methyl sites for hydroxylation is 2. The third-order valence-electron chi connectivity index (χ3n) is 6.95. The third kappa shape index (κ3) is 3.53. The first-order valence-corrected chi connectivity index (χ1v) is 11.4. The van der Waals surface area contributed by atoms with Crippen molar-refractivity contribution >= 4 is 22.2 Å².